The van der Waals surface area contributed by atoms with Gasteiger partial charge in [-0.05, 0) is 12.0 Å². The zero-order chi connectivity index (χ0) is 20.0. The van der Waals surface area contributed by atoms with E-state index in [1.165, 1.54) is 6.07 Å². The van der Waals surface area contributed by atoms with Gasteiger partial charge in [-0.1, -0.05) is 20.8 Å². The second-order valence-electron chi connectivity index (χ2n) is 6.33. The molecular weight excluding hydrogens is 376 g/mol. The molecule has 27 heavy (non-hydrogen) atoms. The minimum Gasteiger partial charge on any atom is -0.367 e. The number of H-pyrrole nitrogens is 1. The van der Waals surface area contributed by atoms with Crippen molar-refractivity contribution in [2.24, 2.45) is 5.92 Å². The number of hydrogen-bond donors (Lipinski definition) is 3. The molecule has 7 nitrogen and oxygen atoms in total. The molecule has 3 aromatic rings. The molecule has 0 aliphatic rings. The highest BCUT2D eigenvalue weighted by Crippen LogP contribution is 2.26. The lowest BCUT2D eigenvalue weighted by molar-refractivity contribution is 0.564. The summed E-state index contributed by atoms with van der Waals surface area (Å²) in [5.41, 5.74) is 0.931. The van der Waals surface area contributed by atoms with Crippen LogP contribution in [0.2, 0.25) is 0 Å². The van der Waals surface area contributed by atoms with Gasteiger partial charge in [-0.25, -0.2) is 27.9 Å². The van der Waals surface area contributed by atoms with E-state index in [0.29, 0.717) is 16.6 Å². The highest BCUT2D eigenvalue weighted by molar-refractivity contribution is 7.79. The minimum absolute atomic E-state index is 0.0685. The maximum atomic E-state index is 13.7. The Morgan fingerprint density at radius 3 is 2.63 bits per heavy atom. The quantitative estimate of drug-likeness (QED) is 0.569. The van der Waals surface area contributed by atoms with Gasteiger partial charge in [-0.15, -0.1) is 0 Å². The van der Waals surface area contributed by atoms with Gasteiger partial charge in [0.15, 0.2) is 28.5 Å². The minimum atomic E-state index is -1.99. The number of fused-ring (bicyclic) bond motifs is 1. The van der Waals surface area contributed by atoms with Crippen LogP contribution in [0.1, 0.15) is 20.8 Å². The van der Waals surface area contributed by atoms with Crippen LogP contribution in [-0.4, -0.2) is 41.0 Å². The number of aromatic amines is 1. The second-order valence-corrected chi connectivity index (χ2v) is 7.38. The molecule has 3 aromatic heterocycles. The number of pyridine rings is 1. The fourth-order valence-electron chi connectivity index (χ4n) is 2.04. The first-order valence-electron chi connectivity index (χ1n) is 8.24. The van der Waals surface area contributed by atoms with Crippen LogP contribution < -0.4 is 5.32 Å². The summed E-state index contributed by atoms with van der Waals surface area (Å²) in [6, 6.07) is 1.28. The molecule has 0 aliphatic carbocycles. The van der Waals surface area contributed by atoms with Gasteiger partial charge in [-0.2, -0.15) is 0 Å². The normalized spacial score (nSPS) is 12.0. The molecule has 1 unspecified atom stereocenters. The van der Waals surface area contributed by atoms with E-state index in [0.717, 1.165) is 18.3 Å². The van der Waals surface area contributed by atoms with E-state index >= 15 is 0 Å². The average molecular weight is 397 g/mol. The summed E-state index contributed by atoms with van der Waals surface area (Å²) in [5.74, 6) is -0.358. The summed E-state index contributed by atoms with van der Waals surface area (Å²) < 4.78 is 46.4. The molecule has 10 heteroatoms. The Morgan fingerprint density at radius 1 is 1.26 bits per heavy atom. The third-order valence-corrected chi connectivity index (χ3v) is 3.61. The number of nitrogens with zero attached hydrogens (tertiary/aromatic N) is 3. The first-order chi connectivity index (χ1) is 12.8. The van der Waals surface area contributed by atoms with Crippen LogP contribution in [0.25, 0.3) is 22.4 Å². The maximum absolute atomic E-state index is 13.7. The number of aromatic nitrogens is 4. The van der Waals surface area contributed by atoms with Gasteiger partial charge in [0.25, 0.3) is 0 Å². The second kappa shape index (κ2) is 9.47. The van der Waals surface area contributed by atoms with Gasteiger partial charge >= 0.3 is 0 Å². The molecule has 0 radical (unpaired) electrons. The van der Waals surface area contributed by atoms with Crippen molar-refractivity contribution in [2.45, 2.75) is 20.8 Å². The summed E-state index contributed by atoms with van der Waals surface area (Å²) in [5, 5.41) is 3.10. The molecule has 0 bridgehead atoms. The van der Waals surface area contributed by atoms with Crippen LogP contribution in [0, 0.1) is 17.6 Å². The zero-order valence-electron chi connectivity index (χ0n) is 15.2. The smallest absolute Gasteiger partial charge is 0.183 e. The molecule has 146 valence electrons. The summed E-state index contributed by atoms with van der Waals surface area (Å²) >= 11 is -1.99. The van der Waals surface area contributed by atoms with Crippen LogP contribution in [0.5, 0.6) is 0 Å². The Labute approximate surface area is 157 Å². The van der Waals surface area contributed by atoms with Crippen molar-refractivity contribution in [3.63, 3.8) is 0 Å². The van der Waals surface area contributed by atoms with Crippen LogP contribution in [0.15, 0.2) is 24.7 Å². The van der Waals surface area contributed by atoms with Crippen molar-refractivity contribution >= 4 is 27.9 Å². The van der Waals surface area contributed by atoms with E-state index in [1.54, 1.807) is 6.20 Å². The molecule has 0 saturated carbocycles. The molecule has 0 spiro atoms. The van der Waals surface area contributed by atoms with E-state index < -0.39 is 22.7 Å². The molecule has 0 aromatic carbocycles. The van der Waals surface area contributed by atoms with E-state index in [2.05, 4.69) is 46.0 Å². The predicted molar refractivity (Wildman–Crippen MR) is 102 cm³/mol. The lowest BCUT2D eigenvalue weighted by atomic mass is 10.2. The van der Waals surface area contributed by atoms with Crippen LogP contribution in [0.3, 0.4) is 0 Å². The van der Waals surface area contributed by atoms with Crippen molar-refractivity contribution in [3.8, 4) is 11.4 Å². The number of halogens is 2. The van der Waals surface area contributed by atoms with Gasteiger partial charge in [0.1, 0.15) is 11.5 Å². The number of hydrogen-bond acceptors (Lipinski definition) is 5. The van der Waals surface area contributed by atoms with E-state index in [9.17, 15) is 13.0 Å². The van der Waals surface area contributed by atoms with E-state index in [1.807, 2.05) is 0 Å². The molecular formula is C17H21F2N5O2S. The average Bonchev–Trinajstić information content (AvgIpc) is 2.99. The largest absolute Gasteiger partial charge is 0.367 e. The van der Waals surface area contributed by atoms with Crippen molar-refractivity contribution < 1.29 is 17.5 Å². The third-order valence-electron chi connectivity index (χ3n) is 3.05. The molecule has 3 N–H and O–H groups in total. The lowest BCUT2D eigenvalue weighted by Gasteiger charge is -2.06. The standard InChI is InChI=1S/C13H11F2N5O2S.C4H10/c14-7-3-8-9(5-18-11(8)17-4-7)12-19-6-10(15)13(20-12)16-1-2-23(21)22;1-4(2)3/h3-6H,1-2H2,(H,17,18)(H,21,22)(H,16,19,20);4H,1-3H3. The van der Waals surface area contributed by atoms with Crippen LogP contribution >= 0.6 is 0 Å². The molecule has 3 heterocycles. The highest BCUT2D eigenvalue weighted by Gasteiger charge is 2.13. The Hall–Kier alpha value is -2.46. The van der Waals surface area contributed by atoms with Crippen LogP contribution in [0.4, 0.5) is 14.6 Å². The number of anilines is 1. The molecule has 3 rings (SSSR count). The first-order valence-corrected chi connectivity index (χ1v) is 9.52. The summed E-state index contributed by atoms with van der Waals surface area (Å²) in [6.45, 7) is 6.57. The van der Waals surface area contributed by atoms with Crippen molar-refractivity contribution in [2.75, 3.05) is 17.6 Å². The van der Waals surface area contributed by atoms with Gasteiger partial charge in [0, 0.05) is 23.7 Å². The third kappa shape index (κ3) is 6.04. The fourth-order valence-corrected chi connectivity index (χ4v) is 2.32. The van der Waals surface area contributed by atoms with Crippen molar-refractivity contribution in [3.05, 3.63) is 36.3 Å². The predicted octanol–water partition coefficient (Wildman–Crippen LogP) is 3.59. The Morgan fingerprint density at radius 2 is 1.96 bits per heavy atom. The van der Waals surface area contributed by atoms with Crippen molar-refractivity contribution in [1.29, 1.82) is 0 Å². The maximum Gasteiger partial charge on any atom is 0.183 e. The van der Waals surface area contributed by atoms with E-state index in [4.69, 9.17) is 4.55 Å². The molecule has 0 saturated heterocycles. The van der Waals surface area contributed by atoms with Gasteiger partial charge < -0.3 is 14.9 Å². The van der Waals surface area contributed by atoms with E-state index in [-0.39, 0.29) is 23.9 Å². The number of rotatable bonds is 5. The molecule has 0 fully saturated rings. The van der Waals surface area contributed by atoms with Crippen molar-refractivity contribution in [1.82, 2.24) is 19.9 Å². The first kappa shape index (κ1) is 20.8. The monoisotopic (exact) mass is 397 g/mol. The molecule has 0 amide bonds. The van der Waals surface area contributed by atoms with Gasteiger partial charge in [0.2, 0.25) is 0 Å². The fraction of sp³-hybridized carbons (Fsp3) is 0.353. The summed E-state index contributed by atoms with van der Waals surface area (Å²) in [7, 11) is 0. The van der Waals surface area contributed by atoms with Crippen LogP contribution in [-0.2, 0) is 11.1 Å². The Balaban J connectivity index is 0.000000596. The SMILES string of the molecule is CC(C)C.O=S(O)CCNc1nc(-c2c[nH]c3ncc(F)cc23)ncc1F. The zero-order valence-corrected chi connectivity index (χ0v) is 16.0. The highest BCUT2D eigenvalue weighted by atomic mass is 32.2. The lowest BCUT2D eigenvalue weighted by Crippen LogP contribution is -2.12. The molecule has 0 aliphatic heterocycles. The Bertz CT molecular complexity index is 930. The van der Waals surface area contributed by atoms with Gasteiger partial charge in [0.05, 0.1) is 18.1 Å². The molecule has 1 atom stereocenters. The summed E-state index contributed by atoms with van der Waals surface area (Å²) in [6.07, 6.45) is 3.61. The van der Waals surface area contributed by atoms with Gasteiger partial charge in [-0.3, -0.25) is 0 Å². The number of nitrogens with one attached hydrogen (secondary N) is 2. The topological polar surface area (TPSA) is 104 Å². The Kier molecular flexibility index (Phi) is 7.31. The summed E-state index contributed by atoms with van der Waals surface area (Å²) in [4.78, 5) is 14.7.